The first kappa shape index (κ1) is 50.2. The van der Waals surface area contributed by atoms with Gasteiger partial charge >= 0.3 is 12.1 Å². The van der Waals surface area contributed by atoms with Gasteiger partial charge in [-0.3, -0.25) is 33.6 Å². The van der Waals surface area contributed by atoms with Crippen molar-refractivity contribution in [2.45, 2.75) is 114 Å². The van der Waals surface area contributed by atoms with E-state index in [0.717, 1.165) is 44.3 Å². The van der Waals surface area contributed by atoms with Gasteiger partial charge in [0.1, 0.15) is 24.2 Å². The van der Waals surface area contributed by atoms with Crippen LogP contribution in [0.1, 0.15) is 98.5 Å². The summed E-state index contributed by atoms with van der Waals surface area (Å²) < 4.78 is 31.7. The van der Waals surface area contributed by atoms with Crippen molar-refractivity contribution >= 4 is 47.2 Å². The Morgan fingerprint density at radius 3 is 1.84 bits per heavy atom. The maximum Gasteiger partial charge on any atom is 0.490 e. The van der Waals surface area contributed by atoms with E-state index in [4.69, 9.17) is 21.4 Å². The first-order chi connectivity index (χ1) is 29.5. The molecule has 10 N–H and O–H groups in total. The number of carbonyl (C=O) groups is 8. The molecule has 1 heterocycles. The Bertz CT molecular complexity index is 1870. The highest BCUT2D eigenvalue weighted by Crippen LogP contribution is 2.27. The van der Waals surface area contributed by atoms with Gasteiger partial charge in [-0.15, -0.1) is 0 Å². The number of unbranched alkanes of at least 4 members (excludes halogenated alkanes) is 1. The Morgan fingerprint density at radius 2 is 1.24 bits per heavy atom. The molecule has 1 aliphatic heterocycles. The number of rotatable bonds is 11. The van der Waals surface area contributed by atoms with Crippen LogP contribution in [-0.4, -0.2) is 95.7 Å². The van der Waals surface area contributed by atoms with Gasteiger partial charge in [0.25, 0.3) is 0 Å². The summed E-state index contributed by atoms with van der Waals surface area (Å²) >= 11 is 0. The predicted molar refractivity (Wildman–Crippen MR) is 221 cm³/mol. The van der Waals surface area contributed by atoms with Crippen LogP contribution in [0.2, 0.25) is 0 Å². The van der Waals surface area contributed by atoms with E-state index in [0.29, 0.717) is 55.3 Å². The minimum Gasteiger partial charge on any atom is -0.475 e. The average molecular weight is 872 g/mol. The second-order valence-electron chi connectivity index (χ2n) is 15.2. The number of primary amides is 1. The smallest absolute Gasteiger partial charge is 0.475 e. The molecule has 1 fully saturated rings. The van der Waals surface area contributed by atoms with E-state index in [-0.39, 0.29) is 37.5 Å². The summed E-state index contributed by atoms with van der Waals surface area (Å²) in [4.78, 5) is 101. The van der Waals surface area contributed by atoms with Crippen molar-refractivity contribution in [2.24, 2.45) is 17.4 Å². The van der Waals surface area contributed by atoms with Gasteiger partial charge in [0.2, 0.25) is 35.4 Å². The van der Waals surface area contributed by atoms with Crippen LogP contribution >= 0.6 is 0 Å². The van der Waals surface area contributed by atoms with Gasteiger partial charge < -0.3 is 43.2 Å². The number of nitrogens with two attached hydrogens (primary N) is 2. The van der Waals surface area contributed by atoms with Crippen LogP contribution in [0.5, 0.6) is 0 Å². The SMILES string of the molecule is NCCCC[C@@H]1NC(=O)/C=C/C(=O)N[C@H](C(N)=O)CCCCNC(=O)[C@@H](Cc2ccc(C(=O)c3ccccc3)cc2)NC(=O)[C@H](CC2CCCCC2)NC1=O.O=C(O)C(F)(F)F. The molecule has 0 aromatic heterocycles. The van der Waals surface area contributed by atoms with Crippen LogP contribution in [0, 0.1) is 5.92 Å². The molecule has 4 rings (SSSR count). The van der Waals surface area contributed by atoms with Crippen molar-refractivity contribution in [1.29, 1.82) is 0 Å². The number of alkyl halides is 3. The fourth-order valence-corrected chi connectivity index (χ4v) is 6.97. The molecule has 6 amide bonds. The van der Waals surface area contributed by atoms with E-state index >= 15 is 0 Å². The summed E-state index contributed by atoms with van der Waals surface area (Å²) in [6.07, 6.45) is 4.62. The maximum atomic E-state index is 14.2. The number of benzene rings is 2. The Hall–Kier alpha value is -6.11. The van der Waals surface area contributed by atoms with Gasteiger partial charge in [-0.2, -0.15) is 13.2 Å². The van der Waals surface area contributed by atoms with E-state index in [1.54, 1.807) is 48.5 Å². The molecular formula is C43H56F3N7O9. The van der Waals surface area contributed by atoms with E-state index in [2.05, 4.69) is 26.6 Å². The second kappa shape index (κ2) is 25.6. The highest BCUT2D eigenvalue weighted by Gasteiger charge is 2.38. The molecule has 2 aliphatic rings. The molecule has 62 heavy (non-hydrogen) atoms. The molecule has 0 radical (unpaired) electrons. The number of ketones is 1. The first-order valence-corrected chi connectivity index (χ1v) is 20.6. The Labute approximate surface area is 357 Å². The third-order valence-electron chi connectivity index (χ3n) is 10.3. The zero-order valence-corrected chi connectivity index (χ0v) is 34.3. The van der Waals surface area contributed by atoms with E-state index in [9.17, 15) is 46.7 Å². The molecule has 16 nitrogen and oxygen atoms in total. The molecule has 338 valence electrons. The Balaban J connectivity index is 0.00000134. The summed E-state index contributed by atoms with van der Waals surface area (Å²) in [6, 6.07) is 11.7. The minimum absolute atomic E-state index is 0.0986. The number of halogens is 3. The van der Waals surface area contributed by atoms with Gasteiger partial charge in [0, 0.05) is 36.2 Å². The summed E-state index contributed by atoms with van der Waals surface area (Å²) in [5.74, 6) is -6.47. The minimum atomic E-state index is -5.08. The van der Waals surface area contributed by atoms with Crippen LogP contribution in [0.25, 0.3) is 0 Å². The first-order valence-electron chi connectivity index (χ1n) is 20.6. The second-order valence-corrected chi connectivity index (χ2v) is 15.2. The van der Waals surface area contributed by atoms with Gasteiger partial charge in [0.05, 0.1) is 0 Å². The molecule has 1 saturated carbocycles. The molecule has 2 aromatic rings. The quantitative estimate of drug-likeness (QED) is 0.121. The lowest BCUT2D eigenvalue weighted by atomic mass is 9.84. The topological polar surface area (TPSA) is 269 Å². The summed E-state index contributed by atoms with van der Waals surface area (Å²) in [6.45, 7) is 0.591. The van der Waals surface area contributed by atoms with Crippen LogP contribution in [0.15, 0.2) is 66.7 Å². The monoisotopic (exact) mass is 871 g/mol. The molecular weight excluding hydrogens is 816 g/mol. The zero-order valence-electron chi connectivity index (χ0n) is 34.3. The third kappa shape index (κ3) is 17.9. The fourth-order valence-electron chi connectivity index (χ4n) is 6.97. The summed E-state index contributed by atoms with van der Waals surface area (Å²) in [5.41, 5.74) is 12.9. The summed E-state index contributed by atoms with van der Waals surface area (Å²) in [7, 11) is 0. The molecule has 1 aliphatic carbocycles. The molecule has 2 aromatic carbocycles. The van der Waals surface area contributed by atoms with Crippen LogP contribution in [0.4, 0.5) is 13.2 Å². The molecule has 19 heteroatoms. The fraction of sp³-hybridized carbons (Fsp3) is 0.488. The predicted octanol–water partition coefficient (Wildman–Crippen LogP) is 2.47. The lowest BCUT2D eigenvalue weighted by molar-refractivity contribution is -0.192. The Kier molecular flexibility index (Phi) is 20.8. The summed E-state index contributed by atoms with van der Waals surface area (Å²) in [5, 5.41) is 20.9. The number of nitrogens with one attached hydrogen (secondary N) is 5. The lowest BCUT2D eigenvalue weighted by Crippen LogP contribution is -2.57. The van der Waals surface area contributed by atoms with Crippen molar-refractivity contribution in [3.63, 3.8) is 0 Å². The molecule has 4 atom stereocenters. The number of carboxylic acids is 1. The number of hydrogen-bond acceptors (Lipinski definition) is 9. The number of carboxylic acid groups (broad SMARTS) is 1. The maximum absolute atomic E-state index is 14.2. The molecule has 0 unspecified atom stereocenters. The third-order valence-corrected chi connectivity index (χ3v) is 10.3. The number of aliphatic carboxylic acids is 1. The van der Waals surface area contributed by atoms with Gasteiger partial charge in [-0.25, -0.2) is 4.79 Å². The van der Waals surface area contributed by atoms with E-state index < -0.39 is 71.8 Å². The average Bonchev–Trinajstić information content (AvgIpc) is 3.24. The molecule has 0 spiro atoms. The number of amides is 6. The van der Waals surface area contributed by atoms with Crippen LogP contribution in [-0.2, 0) is 40.0 Å². The molecule has 0 bridgehead atoms. The lowest BCUT2D eigenvalue weighted by Gasteiger charge is -2.29. The highest BCUT2D eigenvalue weighted by molar-refractivity contribution is 6.09. The van der Waals surface area contributed by atoms with Gasteiger partial charge in [-0.1, -0.05) is 86.7 Å². The van der Waals surface area contributed by atoms with Crippen LogP contribution in [0.3, 0.4) is 0 Å². The van der Waals surface area contributed by atoms with Crippen molar-refractivity contribution < 1.29 is 56.6 Å². The van der Waals surface area contributed by atoms with E-state index in [1.165, 1.54) is 0 Å². The largest absolute Gasteiger partial charge is 0.490 e. The van der Waals surface area contributed by atoms with Gasteiger partial charge in [0.15, 0.2) is 5.78 Å². The normalized spacial score (nSPS) is 21.9. The highest BCUT2D eigenvalue weighted by atomic mass is 19.4. The van der Waals surface area contributed by atoms with Crippen molar-refractivity contribution in [2.75, 3.05) is 13.1 Å². The van der Waals surface area contributed by atoms with Gasteiger partial charge in [-0.05, 0) is 63.0 Å². The standard InChI is InChI=1S/C41H55N7O7.C2HF3O2/c42-23-9-7-16-32-40(54)48-34(25-27-11-3-1-4-12-27)41(55)47-33(26-28-17-19-30(20-18-28)37(51)29-13-5-2-6-14-29)39(53)44-24-10-8-15-31(38(43)52)45-35(49)21-22-36(50)46-32;3-2(4,5)1(6)7/h2,5-6,13-14,17-22,27,31-34H,1,3-4,7-12,15-16,23-26,42H2,(H2,43,52)(H,44,53)(H,45,49)(H,46,50)(H,47,55)(H,48,54);(H,6,7)/b22-21+;/t31-,32-,33+,34-;/m0./s1. The number of hydrogen-bond donors (Lipinski definition) is 8. The van der Waals surface area contributed by atoms with E-state index in [1.807, 2.05) is 6.07 Å². The van der Waals surface area contributed by atoms with Crippen molar-refractivity contribution in [1.82, 2.24) is 26.6 Å². The Morgan fingerprint density at radius 1 is 0.677 bits per heavy atom. The molecule has 0 saturated heterocycles. The van der Waals surface area contributed by atoms with Crippen molar-refractivity contribution in [3.8, 4) is 0 Å². The van der Waals surface area contributed by atoms with Crippen molar-refractivity contribution in [3.05, 3.63) is 83.4 Å². The number of carbonyl (C=O) groups excluding carboxylic acids is 7. The zero-order chi connectivity index (χ0) is 45.7. The van der Waals surface area contributed by atoms with Crippen LogP contribution < -0.4 is 38.1 Å².